The van der Waals surface area contributed by atoms with Gasteiger partial charge in [-0.2, -0.15) is 5.26 Å². The normalized spacial score (nSPS) is 21.0. The summed E-state index contributed by atoms with van der Waals surface area (Å²) in [5.74, 6) is -3.75. The highest BCUT2D eigenvalue weighted by atomic mass is 19.2. The lowest BCUT2D eigenvalue weighted by Crippen LogP contribution is -2.28. The molecule has 1 heterocycles. The Bertz CT molecular complexity index is 881. The number of nitrogens with one attached hydrogen (secondary N) is 1. The molecule has 2 unspecified atom stereocenters. The highest BCUT2D eigenvalue weighted by molar-refractivity contribution is 6.08. The zero-order chi connectivity index (χ0) is 17.6. The summed E-state index contributed by atoms with van der Waals surface area (Å²) in [7, 11) is 0. The van der Waals surface area contributed by atoms with Gasteiger partial charge in [-0.05, 0) is 32.1 Å². The van der Waals surface area contributed by atoms with Crippen LogP contribution in [0.2, 0.25) is 0 Å². The third kappa shape index (κ3) is 2.34. The molecule has 0 radical (unpaired) electrons. The van der Waals surface area contributed by atoms with Crippen molar-refractivity contribution in [3.8, 4) is 6.07 Å². The molecule has 1 aliphatic rings. The highest BCUT2D eigenvalue weighted by Gasteiger charge is 2.32. The summed E-state index contributed by atoms with van der Waals surface area (Å²) in [6.45, 7) is 1.62. The van der Waals surface area contributed by atoms with E-state index >= 15 is 0 Å². The lowest BCUT2D eigenvalue weighted by molar-refractivity contribution is 0.0997. The Balaban J connectivity index is 2.40. The van der Waals surface area contributed by atoms with Crippen LogP contribution in [0.4, 0.5) is 8.78 Å². The standard InChI is InChI=1S/C17H18F2N4O/c1-7-10(6-20)12-11(8-3-2-4-9(21)5-8)14(18)15(19)13(17(22)24)16(12)23-7/h8-9,23H,2-5,21H2,1H3,(H2,22,24). The van der Waals surface area contributed by atoms with Gasteiger partial charge in [0.05, 0.1) is 11.1 Å². The van der Waals surface area contributed by atoms with E-state index in [2.05, 4.69) is 4.98 Å². The second-order valence-electron chi connectivity index (χ2n) is 6.39. The van der Waals surface area contributed by atoms with Crippen molar-refractivity contribution in [1.82, 2.24) is 4.98 Å². The summed E-state index contributed by atoms with van der Waals surface area (Å²) >= 11 is 0. The maximum atomic E-state index is 14.8. The van der Waals surface area contributed by atoms with Gasteiger partial charge in [0.2, 0.25) is 0 Å². The molecular weight excluding hydrogens is 314 g/mol. The molecule has 7 heteroatoms. The number of benzene rings is 1. The first-order valence-corrected chi connectivity index (χ1v) is 7.85. The molecule has 0 saturated heterocycles. The SMILES string of the molecule is Cc1[nH]c2c(C(N)=O)c(F)c(F)c(C3CCCC(N)C3)c2c1C#N. The summed E-state index contributed by atoms with van der Waals surface area (Å²) in [4.78, 5) is 14.5. The molecule has 24 heavy (non-hydrogen) atoms. The number of aryl methyl sites for hydroxylation is 1. The predicted molar refractivity (Wildman–Crippen MR) is 85.4 cm³/mol. The number of hydrogen-bond acceptors (Lipinski definition) is 3. The van der Waals surface area contributed by atoms with Crippen molar-refractivity contribution in [3.63, 3.8) is 0 Å². The number of amides is 1. The Morgan fingerprint density at radius 1 is 1.33 bits per heavy atom. The van der Waals surface area contributed by atoms with E-state index in [0.717, 1.165) is 12.8 Å². The summed E-state index contributed by atoms with van der Waals surface area (Å²) in [5.41, 5.74) is 11.5. The molecular formula is C17H18F2N4O. The van der Waals surface area contributed by atoms with E-state index in [1.165, 1.54) is 0 Å². The van der Waals surface area contributed by atoms with Gasteiger partial charge in [-0.3, -0.25) is 4.79 Å². The number of rotatable bonds is 2. The third-order valence-electron chi connectivity index (χ3n) is 4.84. The molecule has 1 fully saturated rings. The Morgan fingerprint density at radius 2 is 2.04 bits per heavy atom. The van der Waals surface area contributed by atoms with Crippen LogP contribution in [0.1, 0.15) is 58.8 Å². The van der Waals surface area contributed by atoms with Crippen molar-refractivity contribution < 1.29 is 13.6 Å². The lowest BCUT2D eigenvalue weighted by Gasteiger charge is -2.28. The molecule has 5 N–H and O–H groups in total. The summed E-state index contributed by atoms with van der Waals surface area (Å²) < 4.78 is 29.4. The average Bonchev–Trinajstić information content (AvgIpc) is 2.83. The molecule has 5 nitrogen and oxygen atoms in total. The molecule has 0 spiro atoms. The molecule has 1 aromatic heterocycles. The van der Waals surface area contributed by atoms with Crippen LogP contribution in [0.3, 0.4) is 0 Å². The molecule has 1 aliphatic carbocycles. The van der Waals surface area contributed by atoms with Gasteiger partial charge in [0, 0.05) is 22.7 Å². The van der Waals surface area contributed by atoms with E-state index in [-0.39, 0.29) is 34.0 Å². The predicted octanol–water partition coefficient (Wildman–Crippen LogP) is 2.71. The number of nitrogens with two attached hydrogens (primary N) is 2. The van der Waals surface area contributed by atoms with E-state index in [1.54, 1.807) is 6.92 Å². The van der Waals surface area contributed by atoms with Gasteiger partial charge in [0.1, 0.15) is 11.6 Å². The van der Waals surface area contributed by atoms with Crippen molar-refractivity contribution in [3.05, 3.63) is 34.0 Å². The van der Waals surface area contributed by atoms with E-state index < -0.39 is 23.1 Å². The van der Waals surface area contributed by atoms with Gasteiger partial charge in [-0.1, -0.05) is 6.42 Å². The van der Waals surface area contributed by atoms with Crippen molar-refractivity contribution in [2.45, 2.75) is 44.6 Å². The number of aromatic nitrogens is 1. The number of carbonyl (C=O) groups excluding carboxylic acids is 1. The Hall–Kier alpha value is -2.46. The monoisotopic (exact) mass is 332 g/mol. The minimum absolute atomic E-state index is 0.0876. The molecule has 1 saturated carbocycles. The largest absolute Gasteiger partial charge is 0.365 e. The number of halogens is 2. The van der Waals surface area contributed by atoms with Crippen LogP contribution in [-0.2, 0) is 0 Å². The maximum Gasteiger partial charge on any atom is 0.253 e. The highest BCUT2D eigenvalue weighted by Crippen LogP contribution is 2.41. The third-order valence-corrected chi connectivity index (χ3v) is 4.84. The van der Waals surface area contributed by atoms with E-state index in [9.17, 15) is 18.8 Å². The number of nitrogens with zero attached hydrogens (tertiary/aromatic N) is 1. The molecule has 1 amide bonds. The van der Waals surface area contributed by atoms with Gasteiger partial charge in [0.15, 0.2) is 11.6 Å². The van der Waals surface area contributed by atoms with Crippen LogP contribution in [0, 0.1) is 29.9 Å². The van der Waals surface area contributed by atoms with Gasteiger partial charge in [0.25, 0.3) is 5.91 Å². The fraction of sp³-hybridized carbons (Fsp3) is 0.412. The number of hydrogen-bond donors (Lipinski definition) is 3. The number of carbonyl (C=O) groups is 1. The molecule has 126 valence electrons. The van der Waals surface area contributed by atoms with Crippen molar-refractivity contribution in [2.75, 3.05) is 0 Å². The second-order valence-corrected chi connectivity index (χ2v) is 6.39. The summed E-state index contributed by atoms with van der Waals surface area (Å²) in [6, 6.07) is 1.92. The summed E-state index contributed by atoms with van der Waals surface area (Å²) in [5, 5.41) is 9.69. The molecule has 1 aromatic carbocycles. The smallest absolute Gasteiger partial charge is 0.253 e. The number of H-pyrrole nitrogens is 1. The number of aromatic amines is 1. The second kappa shape index (κ2) is 5.87. The maximum absolute atomic E-state index is 14.8. The van der Waals surface area contributed by atoms with Gasteiger partial charge in [-0.25, -0.2) is 8.78 Å². The van der Waals surface area contributed by atoms with Gasteiger partial charge in [-0.15, -0.1) is 0 Å². The van der Waals surface area contributed by atoms with Crippen LogP contribution < -0.4 is 11.5 Å². The first-order valence-electron chi connectivity index (χ1n) is 7.85. The van der Waals surface area contributed by atoms with E-state index in [0.29, 0.717) is 18.5 Å². The number of primary amides is 1. The average molecular weight is 332 g/mol. The van der Waals surface area contributed by atoms with Crippen molar-refractivity contribution in [2.24, 2.45) is 11.5 Å². The van der Waals surface area contributed by atoms with Crippen LogP contribution in [0.5, 0.6) is 0 Å². The zero-order valence-corrected chi connectivity index (χ0v) is 13.2. The molecule has 0 aliphatic heterocycles. The van der Waals surface area contributed by atoms with Crippen molar-refractivity contribution in [1.29, 1.82) is 5.26 Å². The number of fused-ring (bicyclic) bond motifs is 1. The Morgan fingerprint density at radius 3 is 2.62 bits per heavy atom. The fourth-order valence-corrected chi connectivity index (χ4v) is 3.77. The van der Waals surface area contributed by atoms with Crippen LogP contribution in [0.15, 0.2) is 0 Å². The van der Waals surface area contributed by atoms with E-state index in [4.69, 9.17) is 11.5 Å². The molecule has 2 atom stereocenters. The molecule has 3 rings (SSSR count). The lowest BCUT2D eigenvalue weighted by atomic mass is 9.79. The minimum atomic E-state index is -1.27. The molecule has 0 bridgehead atoms. The summed E-state index contributed by atoms with van der Waals surface area (Å²) in [6.07, 6.45) is 2.80. The zero-order valence-electron chi connectivity index (χ0n) is 13.2. The Labute approximate surface area is 137 Å². The Kier molecular flexibility index (Phi) is 4.01. The van der Waals surface area contributed by atoms with Crippen LogP contribution >= 0.6 is 0 Å². The quantitative estimate of drug-likeness (QED) is 0.786. The van der Waals surface area contributed by atoms with E-state index in [1.807, 2.05) is 6.07 Å². The van der Waals surface area contributed by atoms with Crippen LogP contribution in [-0.4, -0.2) is 16.9 Å². The fourth-order valence-electron chi connectivity index (χ4n) is 3.77. The van der Waals surface area contributed by atoms with Gasteiger partial charge >= 0.3 is 0 Å². The van der Waals surface area contributed by atoms with Crippen molar-refractivity contribution >= 4 is 16.8 Å². The first-order chi connectivity index (χ1) is 11.4. The van der Waals surface area contributed by atoms with Gasteiger partial charge < -0.3 is 16.5 Å². The molecule has 2 aromatic rings. The first kappa shape index (κ1) is 16.4. The minimum Gasteiger partial charge on any atom is -0.365 e. The number of nitriles is 1. The van der Waals surface area contributed by atoms with Crippen LogP contribution in [0.25, 0.3) is 10.9 Å². The topological polar surface area (TPSA) is 109 Å².